The van der Waals surface area contributed by atoms with Crippen molar-refractivity contribution in [1.82, 2.24) is 0 Å². The summed E-state index contributed by atoms with van der Waals surface area (Å²) in [4.78, 5) is 11.3. The summed E-state index contributed by atoms with van der Waals surface area (Å²) in [6, 6.07) is -0.605. The van der Waals surface area contributed by atoms with Crippen LogP contribution in [0.4, 0.5) is 0 Å². The Morgan fingerprint density at radius 1 is 1.60 bits per heavy atom. The number of aliphatic hydroxyl groups is 3. The number of ketones is 1. The van der Waals surface area contributed by atoms with Crippen molar-refractivity contribution in [3.63, 3.8) is 0 Å². The van der Waals surface area contributed by atoms with Crippen LogP contribution in [-0.2, 0) is 4.79 Å². The first-order chi connectivity index (χ1) is 6.91. The van der Waals surface area contributed by atoms with Crippen LogP contribution in [0.25, 0.3) is 0 Å². The molecule has 5 heteroatoms. The topological polar surface area (TPSA) is 104 Å². The standard InChI is InChI=1S/C10H16NO4/c1-5(11)7(12)2-6-3-8(13)10(15)9(14)4-6/h2-3,5,8-10,13-15H,4,11H2,1H3/t5-,8?,9?,10?/m0/s1. The molecular formula is C10H16NO4. The lowest BCUT2D eigenvalue weighted by Gasteiger charge is -2.27. The van der Waals surface area contributed by atoms with Crippen molar-refractivity contribution in [2.75, 3.05) is 0 Å². The van der Waals surface area contributed by atoms with Gasteiger partial charge in [-0.05, 0) is 13.3 Å². The highest BCUT2D eigenvalue weighted by atomic mass is 16.4. The third-order valence-corrected chi connectivity index (χ3v) is 2.35. The van der Waals surface area contributed by atoms with E-state index in [9.17, 15) is 20.1 Å². The Morgan fingerprint density at radius 3 is 2.67 bits per heavy atom. The minimum atomic E-state index is -1.19. The molecule has 0 saturated heterocycles. The maximum Gasteiger partial charge on any atom is 0.157 e. The fourth-order valence-electron chi connectivity index (χ4n) is 1.40. The van der Waals surface area contributed by atoms with Crippen LogP contribution < -0.4 is 5.73 Å². The van der Waals surface area contributed by atoms with Gasteiger partial charge in [-0.15, -0.1) is 0 Å². The van der Waals surface area contributed by atoms with E-state index in [1.165, 1.54) is 12.5 Å². The Labute approximate surface area is 88.2 Å². The lowest BCUT2D eigenvalue weighted by atomic mass is 9.89. The van der Waals surface area contributed by atoms with Gasteiger partial charge in [-0.3, -0.25) is 4.79 Å². The van der Waals surface area contributed by atoms with Crippen molar-refractivity contribution < 1.29 is 20.1 Å². The van der Waals surface area contributed by atoms with Gasteiger partial charge in [0.25, 0.3) is 0 Å². The summed E-state index contributed by atoms with van der Waals surface area (Å²) in [7, 11) is 0. The number of Topliss-reactive ketones (excluding diaryl/α,β-unsaturated/α-hetero) is 1. The largest absolute Gasteiger partial charge is 0.390 e. The lowest BCUT2D eigenvalue weighted by Crippen LogP contribution is -2.40. The fraction of sp³-hybridized carbons (Fsp3) is 0.600. The number of rotatable bonds is 3. The zero-order valence-electron chi connectivity index (χ0n) is 8.50. The van der Waals surface area contributed by atoms with E-state index in [0.717, 1.165) is 0 Å². The first-order valence-electron chi connectivity index (χ1n) is 4.81. The second-order valence-corrected chi connectivity index (χ2v) is 3.83. The normalized spacial score (nSPS) is 33.4. The molecule has 4 atom stereocenters. The quantitative estimate of drug-likeness (QED) is 0.458. The molecule has 15 heavy (non-hydrogen) atoms. The molecule has 5 N–H and O–H groups in total. The Morgan fingerprint density at radius 2 is 2.20 bits per heavy atom. The van der Waals surface area contributed by atoms with Gasteiger partial charge in [0.1, 0.15) is 12.2 Å². The van der Waals surface area contributed by atoms with E-state index in [1.807, 2.05) is 0 Å². The Bertz CT molecular complexity index is 275. The van der Waals surface area contributed by atoms with Crippen molar-refractivity contribution in [2.24, 2.45) is 5.73 Å². The van der Waals surface area contributed by atoms with Crippen LogP contribution >= 0.6 is 0 Å². The molecule has 1 rings (SSSR count). The number of nitrogens with two attached hydrogens (primary N) is 1. The smallest absolute Gasteiger partial charge is 0.157 e. The van der Waals surface area contributed by atoms with E-state index in [0.29, 0.717) is 5.57 Å². The van der Waals surface area contributed by atoms with Crippen molar-refractivity contribution in [1.29, 1.82) is 0 Å². The molecule has 0 heterocycles. The SMILES string of the molecule is C[C@H](N)C(=O)[CH]C1=CC(O)C(O)C(O)C1. The molecule has 0 amide bonds. The predicted molar refractivity (Wildman–Crippen MR) is 53.7 cm³/mol. The molecule has 0 aromatic carbocycles. The fourth-order valence-corrected chi connectivity index (χ4v) is 1.40. The molecule has 0 saturated carbocycles. The maximum absolute atomic E-state index is 11.3. The summed E-state index contributed by atoms with van der Waals surface area (Å²) in [5.74, 6) is -0.267. The summed E-state index contributed by atoms with van der Waals surface area (Å²) < 4.78 is 0. The molecule has 1 radical (unpaired) electrons. The molecule has 0 aromatic heterocycles. The zero-order chi connectivity index (χ0) is 11.6. The van der Waals surface area contributed by atoms with Gasteiger partial charge >= 0.3 is 0 Å². The summed E-state index contributed by atoms with van der Waals surface area (Å²) in [5, 5.41) is 27.9. The lowest BCUT2D eigenvalue weighted by molar-refractivity contribution is -0.116. The second kappa shape index (κ2) is 4.85. The van der Waals surface area contributed by atoms with Gasteiger partial charge in [0.15, 0.2) is 5.78 Å². The van der Waals surface area contributed by atoms with Crippen LogP contribution in [0.5, 0.6) is 0 Å². The first kappa shape index (κ1) is 12.3. The highest BCUT2D eigenvalue weighted by Gasteiger charge is 2.29. The molecule has 3 unspecified atom stereocenters. The summed E-state index contributed by atoms with van der Waals surface area (Å²) >= 11 is 0. The molecule has 0 spiro atoms. The molecule has 0 fully saturated rings. The van der Waals surface area contributed by atoms with E-state index >= 15 is 0 Å². The predicted octanol–water partition coefficient (Wildman–Crippen LogP) is -1.48. The van der Waals surface area contributed by atoms with Gasteiger partial charge in [0.05, 0.1) is 18.6 Å². The minimum absolute atomic E-state index is 0.149. The molecule has 1 aliphatic rings. The molecule has 1 aliphatic carbocycles. The third kappa shape index (κ3) is 3.10. The second-order valence-electron chi connectivity index (χ2n) is 3.83. The number of hydrogen-bond acceptors (Lipinski definition) is 5. The molecular weight excluding hydrogens is 198 g/mol. The molecule has 0 aliphatic heterocycles. The monoisotopic (exact) mass is 214 g/mol. The number of carbonyl (C=O) groups excluding carboxylic acids is 1. The Hall–Kier alpha value is -0.750. The first-order valence-corrected chi connectivity index (χ1v) is 4.81. The van der Waals surface area contributed by atoms with Crippen molar-refractivity contribution >= 4 is 5.78 Å². The van der Waals surface area contributed by atoms with Gasteiger partial charge < -0.3 is 21.1 Å². The Kier molecular flexibility index (Phi) is 3.98. The van der Waals surface area contributed by atoms with Gasteiger partial charge in [0, 0.05) is 0 Å². The molecule has 0 aromatic rings. The van der Waals surface area contributed by atoms with Crippen LogP contribution in [0.1, 0.15) is 13.3 Å². The minimum Gasteiger partial charge on any atom is -0.390 e. The van der Waals surface area contributed by atoms with Gasteiger partial charge in [0.2, 0.25) is 0 Å². The van der Waals surface area contributed by atoms with E-state index < -0.39 is 24.4 Å². The average Bonchev–Trinajstić information content (AvgIpc) is 2.13. The number of hydrogen-bond donors (Lipinski definition) is 4. The average molecular weight is 214 g/mol. The number of carbonyl (C=O) groups is 1. The van der Waals surface area contributed by atoms with E-state index in [1.54, 1.807) is 6.92 Å². The zero-order valence-corrected chi connectivity index (χ0v) is 8.50. The van der Waals surface area contributed by atoms with Crippen LogP contribution in [0.2, 0.25) is 0 Å². The summed E-state index contributed by atoms with van der Waals surface area (Å²) in [6.45, 7) is 1.56. The number of aliphatic hydroxyl groups excluding tert-OH is 3. The van der Waals surface area contributed by atoms with Crippen molar-refractivity contribution in [2.45, 2.75) is 37.7 Å². The Balaban J connectivity index is 2.64. The van der Waals surface area contributed by atoms with Crippen molar-refractivity contribution in [3.8, 4) is 0 Å². The van der Waals surface area contributed by atoms with Crippen LogP contribution in [0.3, 0.4) is 0 Å². The van der Waals surface area contributed by atoms with Crippen LogP contribution in [-0.4, -0.2) is 45.5 Å². The summed E-state index contributed by atoms with van der Waals surface area (Å²) in [6.07, 6.45) is -0.567. The van der Waals surface area contributed by atoms with Crippen LogP contribution in [0.15, 0.2) is 11.6 Å². The molecule has 85 valence electrons. The molecule has 0 bridgehead atoms. The van der Waals surface area contributed by atoms with E-state index in [-0.39, 0.29) is 12.2 Å². The van der Waals surface area contributed by atoms with E-state index in [2.05, 4.69) is 0 Å². The van der Waals surface area contributed by atoms with Crippen LogP contribution in [0, 0.1) is 6.42 Å². The van der Waals surface area contributed by atoms with Crippen molar-refractivity contribution in [3.05, 3.63) is 18.1 Å². The summed E-state index contributed by atoms with van der Waals surface area (Å²) in [5.41, 5.74) is 5.87. The highest BCUT2D eigenvalue weighted by molar-refractivity contribution is 5.94. The highest BCUT2D eigenvalue weighted by Crippen LogP contribution is 2.21. The van der Waals surface area contributed by atoms with E-state index in [4.69, 9.17) is 5.73 Å². The molecule has 5 nitrogen and oxygen atoms in total. The van der Waals surface area contributed by atoms with Gasteiger partial charge in [-0.2, -0.15) is 0 Å². The van der Waals surface area contributed by atoms with Gasteiger partial charge in [-0.1, -0.05) is 11.6 Å². The maximum atomic E-state index is 11.3. The van der Waals surface area contributed by atoms with Gasteiger partial charge in [-0.25, -0.2) is 0 Å². The third-order valence-electron chi connectivity index (χ3n) is 2.35.